The van der Waals surface area contributed by atoms with E-state index in [2.05, 4.69) is 54.1 Å². The van der Waals surface area contributed by atoms with Crippen LogP contribution in [0.15, 0.2) is 33.3 Å². The highest BCUT2D eigenvalue weighted by atomic mass is 79.9. The minimum atomic E-state index is -0.608. The Balaban J connectivity index is 1.19. The molecule has 11 heteroatoms. The third-order valence-electron chi connectivity index (χ3n) is 8.99. The van der Waals surface area contributed by atoms with E-state index < -0.39 is 7.05 Å². The molecule has 0 unspecified atom stereocenters. The van der Waals surface area contributed by atoms with Crippen LogP contribution >= 0.6 is 43.5 Å². The summed E-state index contributed by atoms with van der Waals surface area (Å²) in [5.41, 5.74) is 5.02. The molecule has 0 bridgehead atoms. The Kier molecular flexibility index (Phi) is 10.5. The first-order chi connectivity index (χ1) is 19.7. The molecule has 1 aromatic carbocycles. The predicted molar refractivity (Wildman–Crippen MR) is 170 cm³/mol. The molecule has 2 amide bonds. The number of hydrogen-bond donors (Lipinski definition) is 2. The highest BCUT2D eigenvalue weighted by Crippen LogP contribution is 2.46. The number of piperidine rings is 2. The Bertz CT molecular complexity index is 1270. The van der Waals surface area contributed by atoms with Crippen molar-refractivity contribution in [1.29, 1.82) is 0 Å². The number of aryl methyl sites for hydroxylation is 2. The topological polar surface area (TPSA) is 85.8 Å². The smallest absolute Gasteiger partial charge is 0.373 e. The summed E-state index contributed by atoms with van der Waals surface area (Å²) in [5.74, 6) is 1.23. The first kappa shape index (κ1) is 31.0. The zero-order valence-corrected chi connectivity index (χ0v) is 27.5. The average Bonchev–Trinajstić information content (AvgIpc) is 3.10. The Hall–Kier alpha value is -1.46. The Morgan fingerprint density at radius 2 is 1.68 bits per heavy atom. The summed E-state index contributed by atoms with van der Waals surface area (Å²) in [6, 6.07) is 6.32. The minimum absolute atomic E-state index is 0.113. The Morgan fingerprint density at radius 3 is 2.39 bits per heavy atom. The Morgan fingerprint density at radius 1 is 1.02 bits per heavy atom. The van der Waals surface area contributed by atoms with E-state index in [9.17, 15) is 14.6 Å². The quantitative estimate of drug-likeness (QED) is 0.374. The molecule has 2 aromatic rings. The van der Waals surface area contributed by atoms with E-state index in [4.69, 9.17) is 16.6 Å². The van der Waals surface area contributed by atoms with Gasteiger partial charge in [-0.25, -0.2) is 0 Å². The maximum Gasteiger partial charge on any atom is 0.373 e. The molecule has 2 fully saturated rings. The van der Waals surface area contributed by atoms with Gasteiger partial charge in [-0.3, -0.25) is 14.6 Å². The van der Waals surface area contributed by atoms with Crippen LogP contribution in [0.2, 0.25) is 11.8 Å². The van der Waals surface area contributed by atoms with Gasteiger partial charge in [-0.1, -0.05) is 27.5 Å². The molecular formula is C30H38BBr2ClN4O3. The van der Waals surface area contributed by atoms with Crippen LogP contribution in [0, 0.1) is 11.8 Å². The maximum atomic E-state index is 13.3. The lowest BCUT2D eigenvalue weighted by atomic mass is 9.76. The number of hydrogen-bond acceptors (Lipinski definition) is 5. The lowest BCUT2D eigenvalue weighted by Crippen LogP contribution is -2.43. The molecule has 41 heavy (non-hydrogen) atoms. The highest BCUT2D eigenvalue weighted by molar-refractivity contribution is 9.10. The number of carbonyl (C=O) groups excluding carboxylic acids is 2. The number of fused-ring (bicyclic) bond motifs is 2. The molecular weight excluding hydrogens is 670 g/mol. The van der Waals surface area contributed by atoms with Crippen molar-refractivity contribution in [2.75, 3.05) is 32.7 Å². The first-order valence-corrected chi connectivity index (χ1v) is 16.7. The summed E-state index contributed by atoms with van der Waals surface area (Å²) in [6.45, 7) is 5.06. The van der Waals surface area contributed by atoms with Crippen molar-refractivity contribution in [3.63, 3.8) is 0 Å². The number of amides is 2. The molecule has 0 spiro atoms. The normalized spacial score (nSPS) is 19.9. The van der Waals surface area contributed by atoms with Crippen molar-refractivity contribution in [1.82, 2.24) is 20.0 Å². The van der Waals surface area contributed by atoms with Crippen molar-refractivity contribution in [2.24, 2.45) is 11.8 Å². The third kappa shape index (κ3) is 7.56. The van der Waals surface area contributed by atoms with Gasteiger partial charge < -0.3 is 20.1 Å². The number of rotatable bonds is 7. The number of nitrogens with zero attached hydrogens (tertiary/aromatic N) is 3. The van der Waals surface area contributed by atoms with Crippen LogP contribution < -0.4 is 5.23 Å². The third-order valence-corrected chi connectivity index (χ3v) is 10.3. The van der Waals surface area contributed by atoms with E-state index in [0.29, 0.717) is 44.3 Å². The van der Waals surface area contributed by atoms with Crippen LogP contribution in [0.5, 0.6) is 0 Å². The fourth-order valence-corrected chi connectivity index (χ4v) is 8.32. The summed E-state index contributed by atoms with van der Waals surface area (Å²) in [7, 11) is -0.608. The van der Waals surface area contributed by atoms with Crippen molar-refractivity contribution in [3.05, 3.63) is 60.7 Å². The second kappa shape index (κ2) is 13.9. The predicted octanol–water partition coefficient (Wildman–Crippen LogP) is 5.45. The summed E-state index contributed by atoms with van der Waals surface area (Å²) in [5, 5.41) is 12.9. The number of carbonyl (C=O) groups is 2. The standard InChI is InChI=1S/C30H38BBr2ClN4O3/c1-31(41)36-9-4-26(39)37-10-5-19(6-11-37)14-27(40)38-12-7-20(8-13-38)29-28-21(16-24(34)17-25(28)33)2-3-22-15-23(32)18-35-30(22)29/h15-20,29,36,41H,2-14H2,1H3/t29-/m1/s1. The SMILES string of the molecule is CB(O)NCCC(=O)N1CCC(CC(=O)N2CCC([C@H]3c4ncc(Br)cc4CCc4cc(Cl)cc(Br)c43)CC2)CC1. The summed E-state index contributed by atoms with van der Waals surface area (Å²) < 4.78 is 2.05. The largest absolute Gasteiger partial charge is 0.437 e. The molecule has 2 saturated heterocycles. The van der Waals surface area contributed by atoms with Crippen LogP contribution in [-0.4, -0.2) is 71.4 Å². The van der Waals surface area contributed by atoms with E-state index in [-0.39, 0.29) is 17.7 Å². The lowest BCUT2D eigenvalue weighted by molar-refractivity contribution is -0.135. The number of aromatic nitrogens is 1. The van der Waals surface area contributed by atoms with Gasteiger partial charge in [-0.15, -0.1) is 0 Å². The van der Waals surface area contributed by atoms with Gasteiger partial charge in [0.15, 0.2) is 0 Å². The fraction of sp³-hybridized carbons (Fsp3) is 0.567. The van der Waals surface area contributed by atoms with Crippen molar-refractivity contribution < 1.29 is 14.6 Å². The number of likely N-dealkylation sites (tertiary alicyclic amines) is 2. The van der Waals surface area contributed by atoms with Gasteiger partial charge in [0.2, 0.25) is 11.8 Å². The molecule has 1 aliphatic carbocycles. The summed E-state index contributed by atoms with van der Waals surface area (Å²) >= 11 is 13.9. The van der Waals surface area contributed by atoms with Crippen molar-refractivity contribution in [2.45, 2.75) is 64.1 Å². The monoisotopic (exact) mass is 706 g/mol. The van der Waals surface area contributed by atoms with Crippen LogP contribution in [0.1, 0.15) is 66.8 Å². The molecule has 2 N–H and O–H groups in total. The second-order valence-electron chi connectivity index (χ2n) is 11.8. The lowest BCUT2D eigenvalue weighted by Gasteiger charge is -2.38. The summed E-state index contributed by atoms with van der Waals surface area (Å²) in [4.78, 5) is 34.7. The fourth-order valence-electron chi connectivity index (χ4n) is 6.82. The van der Waals surface area contributed by atoms with E-state index >= 15 is 0 Å². The number of pyridine rings is 1. The van der Waals surface area contributed by atoms with Gasteiger partial charge in [-0.05, 0) is 115 Å². The molecule has 0 saturated carbocycles. The van der Waals surface area contributed by atoms with Crippen molar-refractivity contribution >= 4 is 62.3 Å². The Labute approximate surface area is 265 Å². The molecule has 220 valence electrons. The molecule has 3 aliphatic rings. The van der Waals surface area contributed by atoms with E-state index in [1.165, 1.54) is 16.7 Å². The van der Waals surface area contributed by atoms with Gasteiger partial charge in [0, 0.05) is 65.1 Å². The number of benzene rings is 1. The second-order valence-corrected chi connectivity index (χ2v) is 14.0. The van der Waals surface area contributed by atoms with E-state index in [1.807, 2.05) is 17.2 Å². The molecule has 7 nitrogen and oxygen atoms in total. The zero-order chi connectivity index (χ0) is 29.1. The molecule has 5 rings (SSSR count). The highest BCUT2D eigenvalue weighted by Gasteiger charge is 2.37. The first-order valence-electron chi connectivity index (χ1n) is 14.8. The van der Waals surface area contributed by atoms with E-state index in [1.54, 1.807) is 6.82 Å². The van der Waals surface area contributed by atoms with Crippen LogP contribution in [0.25, 0.3) is 0 Å². The van der Waals surface area contributed by atoms with Gasteiger partial charge in [0.1, 0.15) is 0 Å². The van der Waals surface area contributed by atoms with Crippen LogP contribution in [0.3, 0.4) is 0 Å². The minimum Gasteiger partial charge on any atom is -0.437 e. The summed E-state index contributed by atoms with van der Waals surface area (Å²) in [6.07, 6.45) is 8.32. The molecule has 1 atom stereocenters. The molecule has 1 aromatic heterocycles. The van der Waals surface area contributed by atoms with Crippen LogP contribution in [0.4, 0.5) is 0 Å². The van der Waals surface area contributed by atoms with E-state index in [0.717, 1.165) is 71.3 Å². The average molecular weight is 709 g/mol. The molecule has 0 radical (unpaired) electrons. The maximum absolute atomic E-state index is 13.3. The van der Waals surface area contributed by atoms with Gasteiger partial charge in [-0.2, -0.15) is 0 Å². The van der Waals surface area contributed by atoms with Crippen LogP contribution in [-0.2, 0) is 22.4 Å². The zero-order valence-electron chi connectivity index (χ0n) is 23.6. The van der Waals surface area contributed by atoms with Gasteiger partial charge >= 0.3 is 7.05 Å². The molecule has 2 aliphatic heterocycles. The molecule has 3 heterocycles. The number of halogens is 3. The van der Waals surface area contributed by atoms with Gasteiger partial charge in [0.25, 0.3) is 0 Å². The van der Waals surface area contributed by atoms with Gasteiger partial charge in [0.05, 0.1) is 5.69 Å². The number of nitrogens with one attached hydrogen (secondary N) is 1. The van der Waals surface area contributed by atoms with Crippen molar-refractivity contribution in [3.8, 4) is 0 Å².